The molecule has 3 aromatic rings. The Hall–Kier alpha value is -2.85. The molecule has 152 valence electrons. The van der Waals surface area contributed by atoms with Gasteiger partial charge in [-0.25, -0.2) is 14.3 Å². The summed E-state index contributed by atoms with van der Waals surface area (Å²) in [6.45, 7) is 2.02. The number of piperazine rings is 1. The van der Waals surface area contributed by atoms with E-state index in [-0.39, 0.29) is 27.9 Å². The summed E-state index contributed by atoms with van der Waals surface area (Å²) in [5.41, 5.74) is 5.83. The predicted molar refractivity (Wildman–Crippen MR) is 114 cm³/mol. The summed E-state index contributed by atoms with van der Waals surface area (Å²) in [4.78, 5) is 45.8. The first-order valence-electron chi connectivity index (χ1n) is 8.99. The van der Waals surface area contributed by atoms with Gasteiger partial charge in [0.15, 0.2) is 10.8 Å². The van der Waals surface area contributed by atoms with Crippen LogP contribution in [0.4, 0.5) is 10.8 Å². The number of aryl methyl sites for hydroxylation is 1. The van der Waals surface area contributed by atoms with E-state index in [4.69, 9.17) is 17.3 Å². The zero-order valence-corrected chi connectivity index (χ0v) is 17.2. The largest absolute Gasteiger partial charge is 0.375 e. The van der Waals surface area contributed by atoms with E-state index in [0.29, 0.717) is 31.2 Å². The molecule has 3 heterocycles. The molecule has 1 amide bonds. The number of halogens is 1. The maximum Gasteiger partial charge on any atom is 0.332 e. The van der Waals surface area contributed by atoms with E-state index in [0.717, 1.165) is 21.6 Å². The van der Waals surface area contributed by atoms with E-state index in [2.05, 4.69) is 9.88 Å². The lowest BCUT2D eigenvalue weighted by atomic mass is 10.2. The molecule has 0 unspecified atom stereocenters. The summed E-state index contributed by atoms with van der Waals surface area (Å²) >= 11 is 6.94. The highest BCUT2D eigenvalue weighted by atomic mass is 35.5. The molecule has 0 spiro atoms. The first-order valence-corrected chi connectivity index (χ1v) is 10.2. The third-order valence-electron chi connectivity index (χ3n) is 5.02. The Balaban J connectivity index is 1.50. The topological polar surface area (TPSA) is 106 Å². The third-order valence-corrected chi connectivity index (χ3v) is 6.13. The van der Waals surface area contributed by atoms with Gasteiger partial charge in [-0.1, -0.05) is 22.9 Å². The molecule has 0 radical (unpaired) electrons. The average Bonchev–Trinajstić information content (AvgIpc) is 3.12. The van der Waals surface area contributed by atoms with Crippen molar-refractivity contribution in [3.8, 4) is 0 Å². The fourth-order valence-corrected chi connectivity index (χ4v) is 4.36. The number of nitrogens with zero attached hydrogens (tertiary/aromatic N) is 5. The van der Waals surface area contributed by atoms with Crippen LogP contribution < -0.4 is 21.9 Å². The number of nitrogen functional groups attached to an aromatic ring is 1. The maximum atomic E-state index is 12.8. The number of hydrogen-bond acceptors (Lipinski definition) is 7. The minimum Gasteiger partial charge on any atom is -0.375 e. The second-order valence-corrected chi connectivity index (χ2v) is 8.25. The van der Waals surface area contributed by atoms with E-state index in [1.54, 1.807) is 4.90 Å². The third kappa shape index (κ3) is 3.60. The number of anilines is 2. The van der Waals surface area contributed by atoms with Crippen molar-refractivity contribution >= 4 is 50.0 Å². The Morgan fingerprint density at radius 1 is 1.17 bits per heavy atom. The number of carbonyl (C=O) groups excluding carboxylic acids is 1. The Kier molecular flexibility index (Phi) is 5.05. The molecule has 0 saturated carbocycles. The highest BCUT2D eigenvalue weighted by Crippen LogP contribution is 2.20. The van der Waals surface area contributed by atoms with Crippen molar-refractivity contribution in [3.63, 3.8) is 0 Å². The Morgan fingerprint density at radius 2 is 1.83 bits per heavy atom. The van der Waals surface area contributed by atoms with Gasteiger partial charge in [-0.2, -0.15) is 0 Å². The van der Waals surface area contributed by atoms with Crippen LogP contribution in [-0.2, 0) is 18.4 Å². The number of nitrogens with two attached hydrogens (primary N) is 1. The summed E-state index contributed by atoms with van der Waals surface area (Å²) in [6, 6.07) is 7.55. The molecule has 1 saturated heterocycles. The number of amides is 1. The standard InChI is InChI=1S/C18H19ClN6O3S/c1-22-15-14(29-17(20)21-15)16(27)25(18(22)28)10-13(26)24-8-6-23(7-9-24)12-4-2-11(19)3-5-12/h2-5H,6-10H2,1H3,(H2,20,21). The number of fused-ring (bicyclic) bond motifs is 1. The van der Waals surface area contributed by atoms with Gasteiger partial charge in [-0.3, -0.25) is 14.2 Å². The molecule has 0 aliphatic carbocycles. The molecule has 1 fully saturated rings. The van der Waals surface area contributed by atoms with Crippen LogP contribution in [0, 0.1) is 0 Å². The molecular formula is C18H19ClN6O3S. The van der Waals surface area contributed by atoms with Crippen LogP contribution in [0.3, 0.4) is 0 Å². The summed E-state index contributed by atoms with van der Waals surface area (Å²) in [7, 11) is 1.51. The smallest absolute Gasteiger partial charge is 0.332 e. The summed E-state index contributed by atoms with van der Waals surface area (Å²) in [5.74, 6) is -0.267. The van der Waals surface area contributed by atoms with Gasteiger partial charge in [-0.05, 0) is 24.3 Å². The summed E-state index contributed by atoms with van der Waals surface area (Å²) in [6.07, 6.45) is 0. The van der Waals surface area contributed by atoms with E-state index < -0.39 is 11.2 Å². The molecule has 29 heavy (non-hydrogen) atoms. The van der Waals surface area contributed by atoms with Crippen molar-refractivity contribution in [2.45, 2.75) is 6.54 Å². The lowest BCUT2D eigenvalue weighted by molar-refractivity contribution is -0.132. The second-order valence-electron chi connectivity index (χ2n) is 6.78. The number of thiazole rings is 1. The monoisotopic (exact) mass is 434 g/mol. The molecule has 1 aromatic carbocycles. The van der Waals surface area contributed by atoms with Crippen molar-refractivity contribution in [3.05, 3.63) is 50.1 Å². The van der Waals surface area contributed by atoms with Crippen molar-refractivity contribution in [1.82, 2.24) is 19.0 Å². The van der Waals surface area contributed by atoms with Crippen LogP contribution in [-0.4, -0.2) is 51.1 Å². The van der Waals surface area contributed by atoms with Crippen LogP contribution in [0.1, 0.15) is 0 Å². The van der Waals surface area contributed by atoms with E-state index in [9.17, 15) is 14.4 Å². The fraction of sp³-hybridized carbons (Fsp3) is 0.333. The molecule has 9 nitrogen and oxygen atoms in total. The van der Waals surface area contributed by atoms with Crippen LogP contribution >= 0.6 is 22.9 Å². The number of carbonyl (C=O) groups is 1. The van der Waals surface area contributed by atoms with Crippen molar-refractivity contribution in [2.24, 2.45) is 7.05 Å². The van der Waals surface area contributed by atoms with Crippen LogP contribution in [0.5, 0.6) is 0 Å². The van der Waals surface area contributed by atoms with Crippen LogP contribution in [0.15, 0.2) is 33.9 Å². The fourth-order valence-electron chi connectivity index (χ4n) is 3.42. The van der Waals surface area contributed by atoms with Gasteiger partial charge < -0.3 is 15.5 Å². The molecule has 2 N–H and O–H groups in total. The second kappa shape index (κ2) is 7.53. The Labute approximate surface area is 174 Å². The summed E-state index contributed by atoms with van der Waals surface area (Å²) < 4.78 is 2.47. The number of benzene rings is 1. The highest BCUT2D eigenvalue weighted by molar-refractivity contribution is 7.21. The zero-order valence-electron chi connectivity index (χ0n) is 15.7. The van der Waals surface area contributed by atoms with Gasteiger partial charge in [0.2, 0.25) is 5.91 Å². The first-order chi connectivity index (χ1) is 13.8. The van der Waals surface area contributed by atoms with Gasteiger partial charge in [0.1, 0.15) is 11.2 Å². The molecule has 1 aliphatic heterocycles. The van der Waals surface area contributed by atoms with Crippen molar-refractivity contribution in [1.29, 1.82) is 0 Å². The van der Waals surface area contributed by atoms with Crippen LogP contribution in [0.25, 0.3) is 10.3 Å². The SMILES string of the molecule is Cn1c(=O)n(CC(=O)N2CCN(c3ccc(Cl)cc3)CC2)c(=O)c2sc(N)nc21. The van der Waals surface area contributed by atoms with Gasteiger partial charge in [-0.15, -0.1) is 0 Å². The zero-order chi connectivity index (χ0) is 20.7. The maximum absolute atomic E-state index is 12.8. The quantitative estimate of drug-likeness (QED) is 0.651. The van der Waals surface area contributed by atoms with Gasteiger partial charge in [0.05, 0.1) is 0 Å². The molecule has 0 atom stereocenters. The van der Waals surface area contributed by atoms with Crippen molar-refractivity contribution < 1.29 is 4.79 Å². The molecule has 0 bridgehead atoms. The number of aromatic nitrogens is 3. The highest BCUT2D eigenvalue weighted by Gasteiger charge is 2.24. The Bertz CT molecular complexity index is 1190. The van der Waals surface area contributed by atoms with Crippen molar-refractivity contribution in [2.75, 3.05) is 36.8 Å². The molecular weight excluding hydrogens is 416 g/mol. The lowest BCUT2D eigenvalue weighted by Gasteiger charge is -2.36. The Morgan fingerprint density at radius 3 is 2.48 bits per heavy atom. The minimum absolute atomic E-state index is 0.203. The average molecular weight is 435 g/mol. The molecule has 1 aliphatic rings. The number of hydrogen-bond donors (Lipinski definition) is 1. The van der Waals surface area contributed by atoms with Crippen LogP contribution in [0.2, 0.25) is 5.02 Å². The number of rotatable bonds is 3. The first kappa shape index (κ1) is 19.5. The van der Waals surface area contributed by atoms with E-state index >= 15 is 0 Å². The normalized spacial score (nSPS) is 14.6. The molecule has 4 rings (SSSR count). The van der Waals surface area contributed by atoms with Gasteiger partial charge in [0.25, 0.3) is 5.56 Å². The predicted octanol–water partition coefficient (Wildman–Crippen LogP) is 0.741. The minimum atomic E-state index is -0.582. The molecule has 11 heteroatoms. The van der Waals surface area contributed by atoms with E-state index in [1.165, 1.54) is 11.6 Å². The van der Waals surface area contributed by atoms with Gasteiger partial charge >= 0.3 is 5.69 Å². The summed E-state index contributed by atoms with van der Waals surface area (Å²) in [5, 5.41) is 0.878. The van der Waals surface area contributed by atoms with E-state index in [1.807, 2.05) is 24.3 Å². The van der Waals surface area contributed by atoms with Gasteiger partial charge in [0, 0.05) is 43.9 Å². The lowest BCUT2D eigenvalue weighted by Crippen LogP contribution is -2.51. The molecule has 2 aromatic heterocycles.